The molecular formula is C15H21N5O2. The van der Waals surface area contributed by atoms with Crippen molar-refractivity contribution in [2.24, 2.45) is 7.05 Å². The number of likely N-dealkylation sites (N-methyl/N-ethyl adjacent to an activating group) is 1. The first-order valence-electron chi connectivity index (χ1n) is 6.99. The van der Waals surface area contributed by atoms with E-state index in [0.717, 1.165) is 5.69 Å². The maximum Gasteiger partial charge on any atom is 0.239 e. The molecule has 0 saturated heterocycles. The topological polar surface area (TPSA) is 72.3 Å². The molecule has 2 rings (SSSR count). The Labute approximate surface area is 129 Å². The third-order valence-corrected chi connectivity index (χ3v) is 3.26. The summed E-state index contributed by atoms with van der Waals surface area (Å²) in [6.45, 7) is 0.686. The lowest BCUT2D eigenvalue weighted by molar-refractivity contribution is -0.117. The summed E-state index contributed by atoms with van der Waals surface area (Å²) in [6, 6.07) is 7.38. The number of anilines is 1. The molecule has 2 heterocycles. The summed E-state index contributed by atoms with van der Waals surface area (Å²) in [5.74, 6) is 0.417. The SMILES string of the molecule is COCC(c1ccccn1)N(C)CC(=O)Nc1ccn(C)n1. The fourth-order valence-electron chi connectivity index (χ4n) is 2.17. The van der Waals surface area contributed by atoms with Crippen LogP contribution in [0.3, 0.4) is 0 Å². The molecule has 0 aromatic carbocycles. The molecule has 0 radical (unpaired) electrons. The summed E-state index contributed by atoms with van der Waals surface area (Å²) in [5, 5.41) is 6.89. The first-order valence-corrected chi connectivity index (χ1v) is 6.99. The molecule has 118 valence electrons. The van der Waals surface area contributed by atoms with Crippen molar-refractivity contribution < 1.29 is 9.53 Å². The number of hydrogen-bond acceptors (Lipinski definition) is 5. The van der Waals surface area contributed by atoms with Crippen LogP contribution >= 0.6 is 0 Å². The molecular weight excluding hydrogens is 282 g/mol. The number of ether oxygens (including phenoxy) is 1. The van der Waals surface area contributed by atoms with Crippen molar-refractivity contribution in [2.75, 3.05) is 32.6 Å². The summed E-state index contributed by atoms with van der Waals surface area (Å²) < 4.78 is 6.89. The minimum Gasteiger partial charge on any atom is -0.383 e. The molecule has 1 unspecified atom stereocenters. The Kier molecular flexibility index (Phi) is 5.62. The van der Waals surface area contributed by atoms with Crippen molar-refractivity contribution in [3.63, 3.8) is 0 Å². The number of carbonyl (C=O) groups excluding carboxylic acids is 1. The maximum atomic E-state index is 12.1. The van der Waals surface area contributed by atoms with Gasteiger partial charge in [0, 0.05) is 32.6 Å². The molecule has 0 bridgehead atoms. The van der Waals surface area contributed by atoms with E-state index in [1.54, 1.807) is 37.3 Å². The lowest BCUT2D eigenvalue weighted by Gasteiger charge is -2.26. The molecule has 1 atom stereocenters. The molecule has 0 fully saturated rings. The third kappa shape index (κ3) is 4.37. The minimum atomic E-state index is -0.127. The molecule has 1 amide bonds. The lowest BCUT2D eigenvalue weighted by atomic mass is 10.1. The Bertz CT molecular complexity index is 599. The van der Waals surface area contributed by atoms with Gasteiger partial charge in [0.25, 0.3) is 0 Å². The van der Waals surface area contributed by atoms with Crippen LogP contribution in [-0.2, 0) is 16.6 Å². The van der Waals surface area contributed by atoms with Crippen molar-refractivity contribution in [3.05, 3.63) is 42.4 Å². The number of nitrogens with zero attached hydrogens (tertiary/aromatic N) is 4. The molecule has 2 aromatic heterocycles. The van der Waals surface area contributed by atoms with Crippen LogP contribution in [0.25, 0.3) is 0 Å². The van der Waals surface area contributed by atoms with E-state index in [1.807, 2.05) is 30.1 Å². The first-order chi connectivity index (χ1) is 10.6. The second-order valence-electron chi connectivity index (χ2n) is 5.06. The van der Waals surface area contributed by atoms with E-state index < -0.39 is 0 Å². The van der Waals surface area contributed by atoms with Gasteiger partial charge in [-0.2, -0.15) is 5.10 Å². The van der Waals surface area contributed by atoms with Gasteiger partial charge in [0.05, 0.1) is 24.9 Å². The number of nitrogens with one attached hydrogen (secondary N) is 1. The Morgan fingerprint density at radius 1 is 1.45 bits per heavy atom. The van der Waals surface area contributed by atoms with Crippen LogP contribution in [0.2, 0.25) is 0 Å². The summed E-state index contributed by atoms with van der Waals surface area (Å²) >= 11 is 0. The Morgan fingerprint density at radius 3 is 2.86 bits per heavy atom. The monoisotopic (exact) mass is 303 g/mol. The highest BCUT2D eigenvalue weighted by atomic mass is 16.5. The second-order valence-corrected chi connectivity index (χ2v) is 5.06. The van der Waals surface area contributed by atoms with Gasteiger partial charge in [0.1, 0.15) is 0 Å². The standard InChI is InChI=1S/C15H21N5O2/c1-19(10-15(21)17-14-7-9-20(2)18-14)13(11-22-3)12-6-4-5-8-16-12/h4-9,13H,10-11H2,1-3H3,(H,17,18,21). The second kappa shape index (κ2) is 7.67. The van der Waals surface area contributed by atoms with Gasteiger partial charge in [0.2, 0.25) is 5.91 Å². The number of methoxy groups -OCH3 is 1. The van der Waals surface area contributed by atoms with E-state index in [1.165, 1.54) is 0 Å². The molecule has 7 heteroatoms. The van der Waals surface area contributed by atoms with Crippen molar-refractivity contribution in [3.8, 4) is 0 Å². The molecule has 0 saturated carbocycles. The summed E-state index contributed by atoms with van der Waals surface area (Å²) in [4.78, 5) is 18.4. The van der Waals surface area contributed by atoms with Gasteiger partial charge in [-0.05, 0) is 19.2 Å². The normalized spacial score (nSPS) is 12.4. The Balaban J connectivity index is 1.98. The largest absolute Gasteiger partial charge is 0.383 e. The third-order valence-electron chi connectivity index (χ3n) is 3.26. The van der Waals surface area contributed by atoms with Gasteiger partial charge in [-0.15, -0.1) is 0 Å². The predicted molar refractivity (Wildman–Crippen MR) is 83.3 cm³/mol. The van der Waals surface area contributed by atoms with Crippen molar-refractivity contribution in [2.45, 2.75) is 6.04 Å². The fourth-order valence-corrected chi connectivity index (χ4v) is 2.17. The maximum absolute atomic E-state index is 12.1. The van der Waals surface area contributed by atoms with Gasteiger partial charge in [-0.25, -0.2) is 0 Å². The van der Waals surface area contributed by atoms with Crippen LogP contribution in [-0.4, -0.2) is 52.9 Å². The van der Waals surface area contributed by atoms with Gasteiger partial charge < -0.3 is 10.1 Å². The highest BCUT2D eigenvalue weighted by Gasteiger charge is 2.20. The van der Waals surface area contributed by atoms with Crippen molar-refractivity contribution in [1.29, 1.82) is 0 Å². The molecule has 0 aliphatic rings. The summed E-state index contributed by atoms with van der Waals surface area (Å²) in [6.07, 6.45) is 3.51. The molecule has 0 aliphatic carbocycles. The molecule has 0 spiro atoms. The van der Waals surface area contributed by atoms with E-state index in [0.29, 0.717) is 12.4 Å². The van der Waals surface area contributed by atoms with E-state index in [2.05, 4.69) is 15.4 Å². The van der Waals surface area contributed by atoms with Crippen LogP contribution < -0.4 is 5.32 Å². The molecule has 0 aliphatic heterocycles. The highest BCUT2D eigenvalue weighted by Crippen LogP contribution is 2.17. The molecule has 22 heavy (non-hydrogen) atoms. The number of pyridine rings is 1. The predicted octanol–water partition coefficient (Wildman–Crippen LogP) is 1.07. The lowest BCUT2D eigenvalue weighted by Crippen LogP contribution is -2.35. The number of carbonyl (C=O) groups is 1. The number of amides is 1. The smallest absolute Gasteiger partial charge is 0.239 e. The van der Waals surface area contributed by atoms with Crippen LogP contribution in [0, 0.1) is 0 Å². The zero-order valence-corrected chi connectivity index (χ0v) is 13.1. The highest BCUT2D eigenvalue weighted by molar-refractivity contribution is 5.91. The zero-order valence-electron chi connectivity index (χ0n) is 13.1. The van der Waals surface area contributed by atoms with Gasteiger partial charge in [0.15, 0.2) is 5.82 Å². The van der Waals surface area contributed by atoms with Gasteiger partial charge in [-0.1, -0.05) is 6.07 Å². The molecule has 7 nitrogen and oxygen atoms in total. The van der Waals surface area contributed by atoms with Crippen molar-refractivity contribution >= 4 is 11.7 Å². The van der Waals surface area contributed by atoms with E-state index in [-0.39, 0.29) is 18.5 Å². The van der Waals surface area contributed by atoms with E-state index in [4.69, 9.17) is 4.74 Å². The van der Waals surface area contributed by atoms with E-state index in [9.17, 15) is 4.79 Å². The Hall–Kier alpha value is -2.25. The average molecular weight is 303 g/mol. The van der Waals surface area contributed by atoms with Crippen LogP contribution in [0.1, 0.15) is 11.7 Å². The van der Waals surface area contributed by atoms with E-state index >= 15 is 0 Å². The Morgan fingerprint density at radius 2 is 2.27 bits per heavy atom. The van der Waals surface area contributed by atoms with Crippen LogP contribution in [0.4, 0.5) is 5.82 Å². The van der Waals surface area contributed by atoms with Crippen LogP contribution in [0.5, 0.6) is 0 Å². The fraction of sp³-hybridized carbons (Fsp3) is 0.400. The summed E-state index contributed by atoms with van der Waals surface area (Å²) in [5.41, 5.74) is 0.873. The van der Waals surface area contributed by atoms with Gasteiger partial charge in [-0.3, -0.25) is 19.4 Å². The minimum absolute atomic E-state index is 0.0827. The number of aromatic nitrogens is 3. The average Bonchev–Trinajstić information content (AvgIpc) is 2.90. The quantitative estimate of drug-likeness (QED) is 0.828. The van der Waals surface area contributed by atoms with Gasteiger partial charge >= 0.3 is 0 Å². The number of aryl methyl sites for hydroxylation is 1. The van der Waals surface area contributed by atoms with Crippen molar-refractivity contribution in [1.82, 2.24) is 19.7 Å². The summed E-state index contributed by atoms with van der Waals surface area (Å²) in [7, 11) is 5.31. The molecule has 1 N–H and O–H groups in total. The first kappa shape index (κ1) is 16.1. The number of rotatable bonds is 7. The number of hydrogen-bond donors (Lipinski definition) is 1. The van der Waals surface area contributed by atoms with Crippen LogP contribution in [0.15, 0.2) is 36.7 Å². The zero-order chi connectivity index (χ0) is 15.9. The molecule has 2 aromatic rings.